The molecular weight excluding hydrogens is 240 g/mol. The van der Waals surface area contributed by atoms with E-state index in [0.29, 0.717) is 0 Å². The van der Waals surface area contributed by atoms with Crippen LogP contribution in [0.5, 0.6) is 0 Å². The Kier molecular flexibility index (Phi) is 3.21. The summed E-state index contributed by atoms with van der Waals surface area (Å²) in [5.41, 5.74) is 7.45. The molecule has 2 heterocycles. The van der Waals surface area contributed by atoms with Crippen LogP contribution in [0, 0.1) is 0 Å². The Labute approximate surface area is 112 Å². The van der Waals surface area contributed by atoms with E-state index in [4.69, 9.17) is 10.5 Å². The van der Waals surface area contributed by atoms with Crippen molar-refractivity contribution in [1.29, 1.82) is 0 Å². The second kappa shape index (κ2) is 5.01. The van der Waals surface area contributed by atoms with Crippen LogP contribution in [-0.4, -0.2) is 28.7 Å². The largest absolute Gasteiger partial charge is 0.399 e. The normalized spacial score (nSPS) is 20.6. The van der Waals surface area contributed by atoms with Gasteiger partial charge in [0.05, 0.1) is 17.7 Å². The molecule has 0 bridgehead atoms. The molecule has 3 rings (SSSR count). The Morgan fingerprint density at radius 2 is 2.32 bits per heavy atom. The van der Waals surface area contributed by atoms with Crippen molar-refractivity contribution in [2.75, 3.05) is 17.7 Å². The highest BCUT2D eigenvalue weighted by molar-refractivity contribution is 5.91. The molecule has 1 aliphatic rings. The predicted molar refractivity (Wildman–Crippen MR) is 76.0 cm³/mol. The summed E-state index contributed by atoms with van der Waals surface area (Å²) in [6.07, 6.45) is 4.06. The third-order valence-corrected chi connectivity index (χ3v) is 3.55. The fraction of sp³-hybridized carbons (Fsp3) is 0.429. The van der Waals surface area contributed by atoms with E-state index >= 15 is 0 Å². The maximum atomic E-state index is 5.84. The molecule has 100 valence electrons. The van der Waals surface area contributed by atoms with Gasteiger partial charge in [0, 0.05) is 17.7 Å². The lowest BCUT2D eigenvalue weighted by atomic mass is 10.1. The van der Waals surface area contributed by atoms with E-state index in [1.165, 1.54) is 0 Å². The molecule has 2 atom stereocenters. The standard InChI is InChI=1S/C14H18N4O/c1-9(13-3-2-6-19-13)18-14-11-7-10(15)4-5-12(11)16-8-17-14/h4-5,7-9,13H,2-3,6,15H2,1H3,(H,16,17,18). The van der Waals surface area contributed by atoms with Crippen molar-refractivity contribution < 1.29 is 4.74 Å². The second-order valence-electron chi connectivity index (χ2n) is 4.98. The van der Waals surface area contributed by atoms with Crippen molar-refractivity contribution in [1.82, 2.24) is 9.97 Å². The number of hydrogen-bond acceptors (Lipinski definition) is 5. The number of aromatic nitrogens is 2. The molecule has 0 aliphatic carbocycles. The monoisotopic (exact) mass is 258 g/mol. The first kappa shape index (κ1) is 12.2. The summed E-state index contributed by atoms with van der Waals surface area (Å²) in [5, 5.41) is 4.37. The zero-order valence-corrected chi connectivity index (χ0v) is 11.0. The third kappa shape index (κ3) is 2.46. The van der Waals surface area contributed by atoms with Crippen LogP contribution in [0.3, 0.4) is 0 Å². The molecule has 1 saturated heterocycles. The molecule has 2 unspecified atom stereocenters. The molecule has 5 nitrogen and oxygen atoms in total. The average molecular weight is 258 g/mol. The number of nitrogen functional groups attached to an aromatic ring is 1. The Hall–Kier alpha value is -1.88. The highest BCUT2D eigenvalue weighted by Crippen LogP contribution is 2.24. The number of ether oxygens (including phenoxy) is 1. The van der Waals surface area contributed by atoms with Crippen LogP contribution >= 0.6 is 0 Å². The molecule has 5 heteroatoms. The molecule has 1 aromatic carbocycles. The van der Waals surface area contributed by atoms with Gasteiger partial charge in [0.1, 0.15) is 12.1 Å². The van der Waals surface area contributed by atoms with E-state index in [2.05, 4.69) is 22.2 Å². The SMILES string of the molecule is CC(Nc1ncnc2ccc(N)cc12)C1CCCO1. The van der Waals surface area contributed by atoms with Crippen molar-refractivity contribution in [2.45, 2.75) is 31.9 Å². The molecule has 2 aromatic rings. The minimum atomic E-state index is 0.224. The van der Waals surface area contributed by atoms with Gasteiger partial charge in [0.15, 0.2) is 0 Å². The Morgan fingerprint density at radius 3 is 3.11 bits per heavy atom. The van der Waals surface area contributed by atoms with Crippen LogP contribution in [0.1, 0.15) is 19.8 Å². The first-order chi connectivity index (χ1) is 9.24. The zero-order valence-electron chi connectivity index (χ0n) is 11.0. The van der Waals surface area contributed by atoms with E-state index < -0.39 is 0 Å². The van der Waals surface area contributed by atoms with Crippen molar-refractivity contribution in [3.8, 4) is 0 Å². The van der Waals surface area contributed by atoms with Crippen LogP contribution in [0.15, 0.2) is 24.5 Å². The van der Waals surface area contributed by atoms with Gasteiger partial charge in [-0.05, 0) is 38.0 Å². The summed E-state index contributed by atoms with van der Waals surface area (Å²) >= 11 is 0. The van der Waals surface area contributed by atoms with Crippen LogP contribution in [0.2, 0.25) is 0 Å². The van der Waals surface area contributed by atoms with Gasteiger partial charge < -0.3 is 15.8 Å². The van der Waals surface area contributed by atoms with Crippen LogP contribution in [0.4, 0.5) is 11.5 Å². The number of anilines is 2. The van der Waals surface area contributed by atoms with Gasteiger partial charge in [-0.15, -0.1) is 0 Å². The maximum absolute atomic E-state index is 5.84. The van der Waals surface area contributed by atoms with E-state index in [9.17, 15) is 0 Å². The molecule has 0 radical (unpaired) electrons. The summed E-state index contributed by atoms with van der Waals surface area (Å²) in [7, 11) is 0. The molecule has 1 aliphatic heterocycles. The van der Waals surface area contributed by atoms with Crippen molar-refractivity contribution in [3.63, 3.8) is 0 Å². The molecule has 19 heavy (non-hydrogen) atoms. The van der Waals surface area contributed by atoms with Crippen molar-refractivity contribution in [2.24, 2.45) is 0 Å². The van der Waals surface area contributed by atoms with Gasteiger partial charge in [-0.1, -0.05) is 0 Å². The van der Waals surface area contributed by atoms with E-state index in [-0.39, 0.29) is 12.1 Å². The molecule has 3 N–H and O–H groups in total. The predicted octanol–water partition coefficient (Wildman–Crippen LogP) is 2.19. The summed E-state index contributed by atoms with van der Waals surface area (Å²) in [5.74, 6) is 0.820. The van der Waals surface area contributed by atoms with Crippen LogP contribution in [0.25, 0.3) is 10.9 Å². The number of hydrogen-bond donors (Lipinski definition) is 2. The second-order valence-corrected chi connectivity index (χ2v) is 4.98. The highest BCUT2D eigenvalue weighted by atomic mass is 16.5. The molecule has 0 saturated carbocycles. The lowest BCUT2D eigenvalue weighted by molar-refractivity contribution is 0.0996. The molecular formula is C14H18N4O. The number of nitrogens with two attached hydrogens (primary N) is 1. The fourth-order valence-corrected chi connectivity index (χ4v) is 2.49. The van der Waals surface area contributed by atoms with Gasteiger partial charge >= 0.3 is 0 Å². The summed E-state index contributed by atoms with van der Waals surface area (Å²) < 4.78 is 5.69. The smallest absolute Gasteiger partial charge is 0.137 e. The van der Waals surface area contributed by atoms with E-state index in [0.717, 1.165) is 41.9 Å². The highest BCUT2D eigenvalue weighted by Gasteiger charge is 2.22. The minimum absolute atomic E-state index is 0.224. The number of fused-ring (bicyclic) bond motifs is 1. The summed E-state index contributed by atoms with van der Waals surface area (Å²) in [6, 6.07) is 5.89. The van der Waals surface area contributed by atoms with Crippen molar-refractivity contribution >= 4 is 22.4 Å². The topological polar surface area (TPSA) is 73.1 Å². The number of nitrogens with one attached hydrogen (secondary N) is 1. The number of rotatable bonds is 3. The summed E-state index contributed by atoms with van der Waals surface area (Å²) in [4.78, 5) is 8.58. The number of benzene rings is 1. The Morgan fingerprint density at radius 1 is 1.42 bits per heavy atom. The van der Waals surface area contributed by atoms with Gasteiger partial charge in [-0.25, -0.2) is 9.97 Å². The summed E-state index contributed by atoms with van der Waals surface area (Å²) in [6.45, 7) is 2.98. The molecule has 1 aromatic heterocycles. The minimum Gasteiger partial charge on any atom is -0.399 e. The van der Waals surface area contributed by atoms with Gasteiger partial charge in [-0.3, -0.25) is 0 Å². The molecule has 0 amide bonds. The first-order valence-electron chi connectivity index (χ1n) is 6.62. The van der Waals surface area contributed by atoms with E-state index in [1.54, 1.807) is 6.33 Å². The Bertz CT molecular complexity index is 581. The molecule has 0 spiro atoms. The van der Waals surface area contributed by atoms with Gasteiger partial charge in [0.2, 0.25) is 0 Å². The first-order valence-corrected chi connectivity index (χ1v) is 6.62. The quantitative estimate of drug-likeness (QED) is 0.826. The lowest BCUT2D eigenvalue weighted by Crippen LogP contribution is -2.30. The van der Waals surface area contributed by atoms with Crippen LogP contribution in [-0.2, 0) is 4.74 Å². The van der Waals surface area contributed by atoms with Crippen LogP contribution < -0.4 is 11.1 Å². The zero-order chi connectivity index (χ0) is 13.2. The lowest BCUT2D eigenvalue weighted by Gasteiger charge is -2.21. The van der Waals surface area contributed by atoms with Gasteiger partial charge in [0.25, 0.3) is 0 Å². The maximum Gasteiger partial charge on any atom is 0.137 e. The molecule has 1 fully saturated rings. The number of nitrogens with zero attached hydrogens (tertiary/aromatic N) is 2. The van der Waals surface area contributed by atoms with Crippen molar-refractivity contribution in [3.05, 3.63) is 24.5 Å². The average Bonchev–Trinajstić information content (AvgIpc) is 2.93. The fourth-order valence-electron chi connectivity index (χ4n) is 2.49. The third-order valence-electron chi connectivity index (χ3n) is 3.55. The Balaban J connectivity index is 1.89. The van der Waals surface area contributed by atoms with Gasteiger partial charge in [-0.2, -0.15) is 0 Å². The van der Waals surface area contributed by atoms with E-state index in [1.807, 2.05) is 18.2 Å².